The van der Waals surface area contributed by atoms with Gasteiger partial charge in [-0.1, -0.05) is 12.1 Å². The van der Waals surface area contributed by atoms with Crippen molar-refractivity contribution in [3.05, 3.63) is 29.8 Å². The minimum atomic E-state index is -1.38. The maximum atomic E-state index is 12.4. The summed E-state index contributed by atoms with van der Waals surface area (Å²) in [6, 6.07) is 9.62. The number of benzene rings is 1. The zero-order valence-electron chi connectivity index (χ0n) is 13.1. The summed E-state index contributed by atoms with van der Waals surface area (Å²) in [6.07, 6.45) is 0.826. The highest BCUT2D eigenvalue weighted by molar-refractivity contribution is 5.92. The van der Waals surface area contributed by atoms with E-state index >= 15 is 0 Å². The molecule has 0 radical (unpaired) electrons. The van der Waals surface area contributed by atoms with Crippen LogP contribution in [0, 0.1) is 11.3 Å². The Kier molecular flexibility index (Phi) is 3.61. The largest absolute Gasteiger partial charge is 0.497 e. The van der Waals surface area contributed by atoms with Gasteiger partial charge in [-0.05, 0) is 24.1 Å². The minimum Gasteiger partial charge on any atom is -0.497 e. The van der Waals surface area contributed by atoms with Gasteiger partial charge in [0.25, 0.3) is 0 Å². The SMILES string of the molecule is COc1ccc([C@@H]2C[C@@]3(NC(C)=O)O[C@]2(C#N)CCC3=O)cc1. The number of hydrogen-bond donors (Lipinski definition) is 1. The lowest BCUT2D eigenvalue weighted by Crippen LogP contribution is -2.57. The van der Waals surface area contributed by atoms with Crippen LogP contribution in [-0.4, -0.2) is 30.1 Å². The van der Waals surface area contributed by atoms with Gasteiger partial charge in [0.15, 0.2) is 11.4 Å². The second-order valence-electron chi connectivity index (χ2n) is 6.06. The topological polar surface area (TPSA) is 88.4 Å². The van der Waals surface area contributed by atoms with Crippen molar-refractivity contribution in [1.29, 1.82) is 5.26 Å². The van der Waals surface area contributed by atoms with E-state index < -0.39 is 11.3 Å². The van der Waals surface area contributed by atoms with Crippen LogP contribution in [0.25, 0.3) is 0 Å². The predicted octanol–water partition coefficient (Wildman–Crippen LogP) is 1.66. The van der Waals surface area contributed by atoms with E-state index in [-0.39, 0.29) is 30.4 Å². The van der Waals surface area contributed by atoms with Crippen LogP contribution in [-0.2, 0) is 14.3 Å². The molecule has 1 N–H and O–H groups in total. The van der Waals surface area contributed by atoms with Gasteiger partial charge in [0.2, 0.25) is 11.6 Å². The number of ether oxygens (including phenoxy) is 2. The van der Waals surface area contributed by atoms with E-state index in [2.05, 4.69) is 11.4 Å². The molecule has 6 nitrogen and oxygen atoms in total. The molecule has 23 heavy (non-hydrogen) atoms. The van der Waals surface area contributed by atoms with Crippen LogP contribution in [0.15, 0.2) is 24.3 Å². The molecule has 0 saturated carbocycles. The Hall–Kier alpha value is -2.39. The summed E-state index contributed by atoms with van der Waals surface area (Å²) in [7, 11) is 1.59. The number of amides is 1. The van der Waals surface area contributed by atoms with Gasteiger partial charge in [0, 0.05) is 25.7 Å². The summed E-state index contributed by atoms with van der Waals surface area (Å²) in [5.41, 5.74) is -1.58. The van der Waals surface area contributed by atoms with Crippen LogP contribution < -0.4 is 10.1 Å². The van der Waals surface area contributed by atoms with Gasteiger partial charge in [0.05, 0.1) is 13.2 Å². The highest BCUT2D eigenvalue weighted by Crippen LogP contribution is 2.53. The van der Waals surface area contributed by atoms with Crippen molar-refractivity contribution in [3.8, 4) is 11.8 Å². The van der Waals surface area contributed by atoms with E-state index in [4.69, 9.17) is 9.47 Å². The van der Waals surface area contributed by atoms with E-state index in [0.717, 1.165) is 5.56 Å². The number of carbonyl (C=O) groups is 2. The molecule has 2 saturated heterocycles. The van der Waals surface area contributed by atoms with Crippen molar-refractivity contribution in [3.63, 3.8) is 0 Å². The first kappa shape index (κ1) is 15.5. The summed E-state index contributed by atoms with van der Waals surface area (Å²) >= 11 is 0. The molecule has 2 bridgehead atoms. The fourth-order valence-corrected chi connectivity index (χ4v) is 3.58. The quantitative estimate of drug-likeness (QED) is 0.916. The number of nitrogens with one attached hydrogen (secondary N) is 1. The lowest BCUT2D eigenvalue weighted by molar-refractivity contribution is -0.169. The van der Waals surface area contributed by atoms with Gasteiger partial charge < -0.3 is 14.8 Å². The summed E-state index contributed by atoms with van der Waals surface area (Å²) in [6.45, 7) is 1.34. The van der Waals surface area contributed by atoms with Crippen molar-refractivity contribution in [1.82, 2.24) is 5.32 Å². The summed E-state index contributed by atoms with van der Waals surface area (Å²) in [4.78, 5) is 23.9. The number of nitrogens with zero attached hydrogens (tertiary/aromatic N) is 1. The average molecular weight is 314 g/mol. The van der Waals surface area contributed by atoms with E-state index in [1.807, 2.05) is 24.3 Å². The van der Waals surface area contributed by atoms with E-state index in [1.54, 1.807) is 7.11 Å². The molecule has 2 aliphatic heterocycles. The zero-order chi connectivity index (χ0) is 16.7. The molecule has 2 heterocycles. The maximum absolute atomic E-state index is 12.4. The third-order valence-corrected chi connectivity index (χ3v) is 4.67. The van der Waals surface area contributed by atoms with Crippen molar-refractivity contribution >= 4 is 11.7 Å². The fraction of sp³-hybridized carbons (Fsp3) is 0.471. The molecule has 1 amide bonds. The lowest BCUT2D eigenvalue weighted by Gasteiger charge is -2.36. The number of Topliss-reactive ketones (excluding diaryl/α,β-unsaturated/α-hetero) is 1. The van der Waals surface area contributed by atoms with Crippen LogP contribution in [0.3, 0.4) is 0 Å². The van der Waals surface area contributed by atoms with Gasteiger partial charge in [0.1, 0.15) is 5.75 Å². The van der Waals surface area contributed by atoms with Crippen LogP contribution in [0.1, 0.15) is 37.7 Å². The van der Waals surface area contributed by atoms with E-state index in [9.17, 15) is 14.9 Å². The van der Waals surface area contributed by atoms with Crippen LogP contribution in [0.4, 0.5) is 0 Å². The van der Waals surface area contributed by atoms with Gasteiger partial charge >= 0.3 is 0 Å². The number of rotatable bonds is 3. The number of fused-ring (bicyclic) bond motifs is 2. The fourth-order valence-electron chi connectivity index (χ4n) is 3.58. The lowest BCUT2D eigenvalue weighted by atomic mass is 9.81. The second kappa shape index (κ2) is 5.36. The van der Waals surface area contributed by atoms with Gasteiger partial charge in [-0.15, -0.1) is 0 Å². The Bertz CT molecular complexity index is 694. The van der Waals surface area contributed by atoms with Gasteiger partial charge in [-0.3, -0.25) is 9.59 Å². The molecule has 120 valence electrons. The first-order valence-electron chi connectivity index (χ1n) is 7.52. The van der Waals surface area contributed by atoms with Crippen molar-refractivity contribution in [2.24, 2.45) is 0 Å². The summed E-state index contributed by atoms with van der Waals surface area (Å²) in [5.74, 6) is -0.0805. The molecular formula is C17H18N2O4. The first-order chi connectivity index (χ1) is 10.9. The highest BCUT2D eigenvalue weighted by Gasteiger charge is 2.63. The molecule has 2 aliphatic rings. The van der Waals surface area contributed by atoms with Crippen LogP contribution >= 0.6 is 0 Å². The number of nitriles is 1. The molecule has 1 aromatic rings. The standard InChI is InChI=1S/C17H18N2O4/c1-11(20)19-17-9-14(12-3-5-13(22-2)6-4-12)16(10-18,23-17)8-7-15(17)21/h3-6,14H,7-9H2,1-2H3,(H,19,20)/t14-,16-,17+/m0/s1. The molecule has 0 aromatic heterocycles. The van der Waals surface area contributed by atoms with E-state index in [0.29, 0.717) is 12.2 Å². The Morgan fingerprint density at radius 2 is 2.13 bits per heavy atom. The molecule has 0 unspecified atom stereocenters. The number of carbonyl (C=O) groups excluding carboxylic acids is 2. The molecular weight excluding hydrogens is 296 g/mol. The van der Waals surface area contributed by atoms with Crippen molar-refractivity contribution in [2.45, 2.75) is 43.4 Å². The summed E-state index contributed by atoms with van der Waals surface area (Å²) in [5, 5.41) is 12.3. The predicted molar refractivity (Wildman–Crippen MR) is 80.6 cm³/mol. The highest BCUT2D eigenvalue weighted by atomic mass is 16.6. The summed E-state index contributed by atoms with van der Waals surface area (Å²) < 4.78 is 11.0. The third-order valence-electron chi connectivity index (χ3n) is 4.67. The Labute approximate surface area is 134 Å². The third kappa shape index (κ3) is 2.37. The molecule has 0 aliphatic carbocycles. The minimum absolute atomic E-state index is 0.172. The molecule has 0 spiro atoms. The zero-order valence-corrected chi connectivity index (χ0v) is 13.1. The molecule has 6 heteroatoms. The van der Waals surface area contributed by atoms with Gasteiger partial charge in [-0.25, -0.2) is 0 Å². The number of methoxy groups -OCH3 is 1. The monoisotopic (exact) mass is 314 g/mol. The Morgan fingerprint density at radius 1 is 1.43 bits per heavy atom. The van der Waals surface area contributed by atoms with Crippen molar-refractivity contribution < 1.29 is 19.1 Å². The molecule has 2 fully saturated rings. The first-order valence-corrected chi connectivity index (χ1v) is 7.52. The van der Waals surface area contributed by atoms with Gasteiger partial charge in [-0.2, -0.15) is 5.26 Å². The second-order valence-corrected chi connectivity index (χ2v) is 6.06. The number of hydrogen-bond acceptors (Lipinski definition) is 5. The van der Waals surface area contributed by atoms with E-state index in [1.165, 1.54) is 6.92 Å². The molecule has 3 rings (SSSR count). The van der Waals surface area contributed by atoms with Crippen LogP contribution in [0.2, 0.25) is 0 Å². The van der Waals surface area contributed by atoms with Crippen molar-refractivity contribution in [2.75, 3.05) is 7.11 Å². The average Bonchev–Trinajstić information content (AvgIpc) is 2.82. The molecule has 1 aromatic carbocycles. The maximum Gasteiger partial charge on any atom is 0.219 e. The van der Waals surface area contributed by atoms with Crippen LogP contribution in [0.5, 0.6) is 5.75 Å². The number of ketones is 1. The normalized spacial score (nSPS) is 32.2. The smallest absolute Gasteiger partial charge is 0.219 e. The molecule has 3 atom stereocenters. The Balaban J connectivity index is 2.01. The Morgan fingerprint density at radius 3 is 2.70 bits per heavy atom.